The van der Waals surface area contributed by atoms with Crippen molar-refractivity contribution >= 4 is 64.1 Å². The van der Waals surface area contributed by atoms with E-state index in [1.165, 1.54) is 36.8 Å². The first-order chi connectivity index (χ1) is 43.6. The van der Waals surface area contributed by atoms with E-state index < -0.39 is 107 Å². The molecule has 8 atom stereocenters. The molecular formula is C66H76FN5O19. The van der Waals surface area contributed by atoms with Crippen molar-refractivity contribution < 1.29 is 90.5 Å². The molecule has 4 N–H and O–H groups in total. The number of hydrogen-bond donors (Lipinski definition) is 4. The van der Waals surface area contributed by atoms with Crippen molar-refractivity contribution in [3.8, 4) is 29.0 Å². The Morgan fingerprint density at radius 3 is 2.48 bits per heavy atom. The number of benzene rings is 2. The topological polar surface area (TPSA) is 319 Å². The van der Waals surface area contributed by atoms with Gasteiger partial charge < -0.3 is 63.5 Å². The third-order valence-electron chi connectivity index (χ3n) is 17.4. The lowest BCUT2D eigenvalue weighted by atomic mass is 9.81. The average Bonchev–Trinajstić information content (AvgIpc) is 1.64. The van der Waals surface area contributed by atoms with E-state index in [9.17, 15) is 53.1 Å². The van der Waals surface area contributed by atoms with Crippen LogP contribution in [-0.2, 0) is 103 Å². The number of esters is 4. The summed E-state index contributed by atoms with van der Waals surface area (Å²) in [5.74, 6) is -0.527. The summed E-state index contributed by atoms with van der Waals surface area (Å²) in [6.45, 7) is 6.44. The number of nitrogens with one attached hydrogen (secondary N) is 3. The van der Waals surface area contributed by atoms with E-state index in [2.05, 4.69) is 27.8 Å². The predicted molar refractivity (Wildman–Crippen MR) is 320 cm³/mol. The van der Waals surface area contributed by atoms with Gasteiger partial charge in [-0.05, 0) is 92.3 Å². The number of rotatable bonds is 26. The largest absolute Gasteiger partial charge is 0.467 e. The van der Waals surface area contributed by atoms with Gasteiger partial charge >= 0.3 is 23.9 Å². The van der Waals surface area contributed by atoms with Crippen molar-refractivity contribution in [3.05, 3.63) is 91.0 Å². The molecule has 24 nitrogen and oxygen atoms in total. The van der Waals surface area contributed by atoms with Crippen LogP contribution < -0.4 is 26.2 Å². The number of ketones is 2. The minimum atomic E-state index is -2.06. The van der Waals surface area contributed by atoms with Gasteiger partial charge in [0.1, 0.15) is 50.2 Å². The van der Waals surface area contributed by atoms with Gasteiger partial charge in [-0.2, -0.15) is 0 Å². The van der Waals surface area contributed by atoms with Gasteiger partial charge in [0, 0.05) is 73.6 Å². The second-order valence-corrected chi connectivity index (χ2v) is 23.5. The summed E-state index contributed by atoms with van der Waals surface area (Å²) in [5.41, 5.74) is 1.66. The quantitative estimate of drug-likeness (QED) is 0.0183. The molecule has 91 heavy (non-hydrogen) atoms. The highest BCUT2D eigenvalue weighted by molar-refractivity contribution is 5.99. The predicted octanol–water partition coefficient (Wildman–Crippen LogP) is 5.16. The summed E-state index contributed by atoms with van der Waals surface area (Å²) in [6.07, 6.45) is 0.877. The SMILES string of the molecule is CC[C@@]1(O)C(=O)OCc2c1cc1n(c2=O)Cc2c-1nc1cc(F)c(C)c3c1c2[C@@H](NC(=O)COCCC(=O)CNC(=O)CCC(=O)OCc1ccc(O[C@@H]2O[C@H](C(=O)OC)[C@@H](OC(C)=O)[C@H](C)[C@H]2C)c(C(=O)CCCNC(=O)COC2C#CCCCCC2)c1)CC3. The molecule has 486 valence electrons. The Kier molecular flexibility index (Phi) is 21.8. The van der Waals surface area contributed by atoms with Crippen molar-refractivity contribution in [1.29, 1.82) is 0 Å². The van der Waals surface area contributed by atoms with Gasteiger partial charge in [0.15, 0.2) is 23.3 Å². The second kappa shape index (κ2) is 29.7. The number of pyridine rings is 2. The average molecular weight is 1260 g/mol. The number of fused-ring (bicyclic) bond motifs is 5. The fraction of sp³-hybridized carbons (Fsp3) is 0.530. The number of methoxy groups -OCH3 is 1. The number of halogens is 1. The van der Waals surface area contributed by atoms with Crippen LogP contribution in [0.15, 0.2) is 35.1 Å². The molecule has 3 aliphatic heterocycles. The number of aromatic nitrogens is 2. The Morgan fingerprint density at radius 1 is 0.912 bits per heavy atom. The maximum Gasteiger partial charge on any atom is 0.343 e. The van der Waals surface area contributed by atoms with Crippen LogP contribution in [0.2, 0.25) is 0 Å². The van der Waals surface area contributed by atoms with Gasteiger partial charge in [0.2, 0.25) is 24.0 Å². The first kappa shape index (κ1) is 67.0. The normalized spacial score (nSPS) is 22.0. The summed E-state index contributed by atoms with van der Waals surface area (Å²) in [5, 5.41) is 20.3. The van der Waals surface area contributed by atoms with Crippen LogP contribution in [0.3, 0.4) is 0 Å². The van der Waals surface area contributed by atoms with Gasteiger partial charge in [-0.3, -0.25) is 38.4 Å². The van der Waals surface area contributed by atoms with Gasteiger partial charge in [0.05, 0.1) is 67.3 Å². The standard InChI is InChI=1S/C66H76FN5O19/c1-7-66(83)46-27-50-59-44(30-72(50)62(80)45(46)32-88-65(66)82)58-48(19-18-42-37(4)47(67)28-49(71-59)57(42)58)70-55(78)33-85-25-23-40(74)29-69-53(76)21-22-56(79)87-31-39-17-20-52(90-64-36(3)35(2)60(89-38(5)73)61(91-64)63(81)84-6)43(26-39)51(75)16-13-24-68-54(77)34-86-41-14-11-9-8-10-12-15-41/h17,20,26-28,35-36,41,48,60-61,64,83H,7-11,13-14,16,18-19,21-25,29-34H2,1-6H3,(H,68,77)(H,69,76)(H,70,78)/t35-,36-,41?,48+,60+,61+,64-,66+/m1/s1. The van der Waals surface area contributed by atoms with E-state index in [4.69, 9.17) is 42.9 Å². The zero-order valence-corrected chi connectivity index (χ0v) is 51.8. The summed E-state index contributed by atoms with van der Waals surface area (Å²) >= 11 is 0. The molecule has 1 saturated heterocycles. The van der Waals surface area contributed by atoms with Crippen LogP contribution in [0.25, 0.3) is 22.3 Å². The summed E-state index contributed by atoms with van der Waals surface area (Å²) < 4.78 is 61.7. The number of carbonyl (C=O) groups is 9. The van der Waals surface area contributed by atoms with E-state index in [0.29, 0.717) is 57.4 Å². The summed E-state index contributed by atoms with van der Waals surface area (Å²) in [4.78, 5) is 135. The minimum Gasteiger partial charge on any atom is -0.467 e. The molecule has 2 aromatic carbocycles. The third-order valence-corrected chi connectivity index (χ3v) is 17.4. The van der Waals surface area contributed by atoms with Crippen molar-refractivity contribution in [2.24, 2.45) is 11.8 Å². The van der Waals surface area contributed by atoms with Crippen LogP contribution in [0.1, 0.15) is 160 Å². The molecule has 9 rings (SSSR count). The molecule has 0 saturated carbocycles. The first-order valence-electron chi connectivity index (χ1n) is 30.8. The van der Waals surface area contributed by atoms with Gasteiger partial charge in [-0.1, -0.05) is 39.2 Å². The molecule has 25 heteroatoms. The molecule has 3 amide bonds. The van der Waals surface area contributed by atoms with Crippen molar-refractivity contribution in [3.63, 3.8) is 0 Å². The molecule has 5 heterocycles. The van der Waals surface area contributed by atoms with Crippen LogP contribution in [0.4, 0.5) is 4.39 Å². The Hall–Kier alpha value is -8.44. The lowest BCUT2D eigenvalue weighted by Crippen LogP contribution is -2.55. The van der Waals surface area contributed by atoms with Crippen molar-refractivity contribution in [2.45, 2.75) is 174 Å². The fourth-order valence-corrected chi connectivity index (χ4v) is 12.1. The number of Topliss-reactive ketones (excluding diaryl/α,β-unsaturated/α-hetero) is 2. The van der Waals surface area contributed by atoms with Gasteiger partial charge in [-0.25, -0.2) is 19.0 Å². The lowest BCUT2D eigenvalue weighted by molar-refractivity contribution is -0.243. The maximum atomic E-state index is 15.4. The number of carbonyl (C=O) groups excluding carboxylic acids is 9. The molecule has 1 unspecified atom stereocenters. The maximum absolute atomic E-state index is 15.4. The van der Waals surface area contributed by atoms with E-state index in [0.717, 1.165) is 37.7 Å². The molecule has 2 aromatic heterocycles. The number of amides is 3. The van der Waals surface area contributed by atoms with Crippen LogP contribution >= 0.6 is 0 Å². The zero-order valence-electron chi connectivity index (χ0n) is 51.8. The second-order valence-electron chi connectivity index (χ2n) is 23.5. The zero-order chi connectivity index (χ0) is 65.3. The van der Waals surface area contributed by atoms with Crippen molar-refractivity contribution in [1.82, 2.24) is 25.5 Å². The molecule has 0 spiro atoms. The summed E-state index contributed by atoms with van der Waals surface area (Å²) in [6, 6.07) is 6.80. The van der Waals surface area contributed by atoms with Crippen LogP contribution in [0.5, 0.6) is 5.75 Å². The lowest BCUT2D eigenvalue weighted by Gasteiger charge is -2.42. The highest BCUT2D eigenvalue weighted by Gasteiger charge is 2.49. The fourth-order valence-electron chi connectivity index (χ4n) is 12.1. The van der Waals surface area contributed by atoms with Crippen LogP contribution in [0, 0.1) is 36.4 Å². The summed E-state index contributed by atoms with van der Waals surface area (Å²) in [7, 11) is 1.17. The number of cyclic esters (lactones) is 1. The van der Waals surface area contributed by atoms with Crippen molar-refractivity contribution in [2.75, 3.05) is 40.0 Å². The number of ether oxygens (including phenoxy) is 8. The number of aliphatic hydroxyl groups is 1. The molecule has 5 aliphatic rings. The Bertz CT molecular complexity index is 3670. The van der Waals surface area contributed by atoms with Gasteiger partial charge in [-0.15, -0.1) is 5.92 Å². The van der Waals surface area contributed by atoms with Gasteiger partial charge in [0.25, 0.3) is 5.56 Å². The minimum absolute atomic E-state index is 0.0457. The highest BCUT2D eigenvalue weighted by atomic mass is 19.1. The Morgan fingerprint density at radius 2 is 1.71 bits per heavy atom. The molecule has 0 radical (unpaired) electrons. The van der Waals surface area contributed by atoms with Crippen LogP contribution in [-0.4, -0.2) is 132 Å². The Labute approximate surface area is 524 Å². The molecule has 1 fully saturated rings. The smallest absolute Gasteiger partial charge is 0.343 e. The number of aryl methyl sites for hydroxylation is 1. The molecule has 0 bridgehead atoms. The van der Waals surface area contributed by atoms with E-state index in [-0.39, 0.29) is 119 Å². The monoisotopic (exact) mass is 1260 g/mol. The number of hydrogen-bond acceptors (Lipinski definition) is 20. The third kappa shape index (κ3) is 15.3. The molecule has 2 aliphatic carbocycles. The molecule has 4 aromatic rings. The van der Waals surface area contributed by atoms with E-state index in [1.807, 2.05) is 0 Å². The molecular weight excluding hydrogens is 1190 g/mol. The first-order valence-corrected chi connectivity index (χ1v) is 30.8. The number of nitrogens with zero attached hydrogens (tertiary/aromatic N) is 2. The Balaban J connectivity index is 0.747. The van der Waals surface area contributed by atoms with E-state index >= 15 is 4.39 Å². The highest BCUT2D eigenvalue weighted by Crippen LogP contribution is 2.46. The van der Waals surface area contributed by atoms with E-state index in [1.54, 1.807) is 39.8 Å².